The number of phenolic OH excluding ortho intramolecular Hbond substituents is 1. The number of aromatic hydroxyl groups is 1. The van der Waals surface area contributed by atoms with Gasteiger partial charge in [0.15, 0.2) is 0 Å². The van der Waals surface area contributed by atoms with Gasteiger partial charge in [0.2, 0.25) is 11.8 Å². The first-order valence-electron chi connectivity index (χ1n) is 10.1. The van der Waals surface area contributed by atoms with Crippen molar-refractivity contribution in [2.45, 2.75) is 40.5 Å². The maximum Gasteiger partial charge on any atom is 0.240 e. The van der Waals surface area contributed by atoms with Crippen LogP contribution in [0.5, 0.6) is 5.75 Å². The summed E-state index contributed by atoms with van der Waals surface area (Å²) < 4.78 is 0. The number of amides is 2. The number of nitrogens with zero attached hydrogens (tertiary/aromatic N) is 2. The van der Waals surface area contributed by atoms with E-state index in [-0.39, 0.29) is 30.4 Å². The Morgan fingerprint density at radius 1 is 1.00 bits per heavy atom. The summed E-state index contributed by atoms with van der Waals surface area (Å²) in [6, 6.07) is 11.0. The summed E-state index contributed by atoms with van der Waals surface area (Å²) in [4.78, 5) is 26.1. The largest absolute Gasteiger partial charge is 0.507 e. The molecule has 7 nitrogen and oxygen atoms in total. The number of benzene rings is 2. The van der Waals surface area contributed by atoms with Gasteiger partial charge in [-0.3, -0.25) is 9.59 Å². The Morgan fingerprint density at radius 2 is 1.70 bits per heavy atom. The van der Waals surface area contributed by atoms with Crippen LogP contribution in [-0.2, 0) is 9.59 Å². The fourth-order valence-electron chi connectivity index (χ4n) is 2.93. The van der Waals surface area contributed by atoms with Crippen molar-refractivity contribution in [2.24, 2.45) is 5.10 Å². The van der Waals surface area contributed by atoms with Crippen molar-refractivity contribution in [3.05, 3.63) is 53.1 Å². The van der Waals surface area contributed by atoms with Gasteiger partial charge in [0, 0.05) is 48.9 Å². The molecule has 0 spiro atoms. The lowest BCUT2D eigenvalue weighted by Crippen LogP contribution is -2.21. The van der Waals surface area contributed by atoms with Crippen LogP contribution in [0.15, 0.2) is 41.5 Å². The van der Waals surface area contributed by atoms with Crippen molar-refractivity contribution in [3.63, 3.8) is 0 Å². The van der Waals surface area contributed by atoms with Crippen LogP contribution in [0.4, 0.5) is 11.4 Å². The Labute approximate surface area is 177 Å². The topological polar surface area (TPSA) is 94.0 Å². The molecule has 7 heteroatoms. The second-order valence-electron chi connectivity index (χ2n) is 7.06. The standard InChI is InChI=1S/C23H30N4O3/c1-5-27(6-2)20-10-8-18(21(28)14-20)15-24-26-23(30)12-11-22(29)25-19-9-7-16(3)17(4)13-19/h7-10,13-15,28H,5-6,11-12H2,1-4H3,(H,25,29)(H,26,30). The lowest BCUT2D eigenvalue weighted by atomic mass is 10.1. The number of hydrogen-bond donors (Lipinski definition) is 3. The molecule has 0 aromatic heterocycles. The van der Waals surface area contributed by atoms with Gasteiger partial charge in [-0.05, 0) is 63.1 Å². The number of aryl methyl sites for hydroxylation is 2. The van der Waals surface area contributed by atoms with Crippen LogP contribution < -0.4 is 15.6 Å². The Hall–Kier alpha value is -3.35. The smallest absolute Gasteiger partial charge is 0.240 e. The number of nitrogens with one attached hydrogen (secondary N) is 2. The number of phenols is 1. The minimum absolute atomic E-state index is 0.0148. The molecule has 2 amide bonds. The van der Waals surface area contributed by atoms with Gasteiger partial charge < -0.3 is 15.3 Å². The van der Waals surface area contributed by atoms with Gasteiger partial charge in [-0.15, -0.1) is 0 Å². The molecule has 3 N–H and O–H groups in total. The average molecular weight is 411 g/mol. The molecule has 0 aliphatic carbocycles. The zero-order valence-electron chi connectivity index (χ0n) is 18.0. The lowest BCUT2D eigenvalue weighted by Gasteiger charge is -2.21. The normalized spacial score (nSPS) is 10.8. The number of rotatable bonds is 9. The molecular weight excluding hydrogens is 380 g/mol. The highest BCUT2D eigenvalue weighted by Gasteiger charge is 2.08. The SMILES string of the molecule is CCN(CC)c1ccc(C=NNC(=O)CCC(=O)Nc2ccc(C)c(C)c2)c(O)c1. The number of hydrogen-bond acceptors (Lipinski definition) is 5. The van der Waals surface area contributed by atoms with E-state index in [4.69, 9.17) is 0 Å². The van der Waals surface area contributed by atoms with Crippen molar-refractivity contribution >= 4 is 29.4 Å². The van der Waals surface area contributed by atoms with E-state index >= 15 is 0 Å². The summed E-state index contributed by atoms with van der Waals surface area (Å²) in [6.07, 6.45) is 1.45. The Morgan fingerprint density at radius 3 is 2.33 bits per heavy atom. The summed E-state index contributed by atoms with van der Waals surface area (Å²) in [5.74, 6) is -0.520. The molecule has 2 aromatic carbocycles. The average Bonchev–Trinajstić information content (AvgIpc) is 2.71. The maximum absolute atomic E-state index is 12.0. The highest BCUT2D eigenvalue weighted by atomic mass is 16.3. The Bertz CT molecular complexity index is 921. The predicted molar refractivity (Wildman–Crippen MR) is 121 cm³/mol. The fourth-order valence-corrected chi connectivity index (χ4v) is 2.93. The van der Waals surface area contributed by atoms with E-state index < -0.39 is 0 Å². The van der Waals surface area contributed by atoms with E-state index in [1.165, 1.54) is 6.21 Å². The summed E-state index contributed by atoms with van der Waals surface area (Å²) >= 11 is 0. The van der Waals surface area contributed by atoms with Gasteiger partial charge in [0.25, 0.3) is 0 Å². The van der Waals surface area contributed by atoms with Crippen LogP contribution in [0.3, 0.4) is 0 Å². The molecule has 0 bridgehead atoms. The molecule has 0 atom stereocenters. The molecule has 0 unspecified atom stereocenters. The molecule has 0 aliphatic heterocycles. The van der Waals surface area contributed by atoms with Crippen LogP contribution >= 0.6 is 0 Å². The number of anilines is 2. The fraction of sp³-hybridized carbons (Fsp3) is 0.348. The first-order chi connectivity index (χ1) is 14.3. The number of carbonyl (C=O) groups excluding carboxylic acids is 2. The zero-order chi connectivity index (χ0) is 22.1. The Kier molecular flexibility index (Phi) is 8.41. The first-order valence-corrected chi connectivity index (χ1v) is 10.1. The van der Waals surface area contributed by atoms with Crippen molar-refractivity contribution < 1.29 is 14.7 Å². The third kappa shape index (κ3) is 6.62. The second kappa shape index (κ2) is 11.0. The van der Waals surface area contributed by atoms with E-state index in [1.807, 2.05) is 52.0 Å². The predicted octanol–water partition coefficient (Wildman–Crippen LogP) is 3.72. The van der Waals surface area contributed by atoms with E-state index in [0.717, 1.165) is 29.9 Å². The first kappa shape index (κ1) is 22.9. The lowest BCUT2D eigenvalue weighted by molar-refractivity contribution is -0.124. The van der Waals surface area contributed by atoms with Gasteiger partial charge >= 0.3 is 0 Å². The minimum atomic E-state index is -0.374. The zero-order valence-corrected chi connectivity index (χ0v) is 18.0. The van der Waals surface area contributed by atoms with Crippen molar-refractivity contribution in [1.82, 2.24) is 5.43 Å². The number of hydrazone groups is 1. The molecule has 0 radical (unpaired) electrons. The molecule has 2 rings (SSSR count). The van der Waals surface area contributed by atoms with Crippen LogP contribution in [-0.4, -0.2) is 36.2 Å². The molecular formula is C23H30N4O3. The van der Waals surface area contributed by atoms with E-state index in [9.17, 15) is 14.7 Å². The summed E-state index contributed by atoms with van der Waals surface area (Å²) in [5.41, 5.74) is 6.76. The van der Waals surface area contributed by atoms with Crippen molar-refractivity contribution in [3.8, 4) is 5.75 Å². The maximum atomic E-state index is 12.0. The Balaban J connectivity index is 1.81. The molecule has 0 saturated carbocycles. The van der Waals surface area contributed by atoms with Crippen LogP contribution in [0.25, 0.3) is 0 Å². The third-order valence-corrected chi connectivity index (χ3v) is 4.91. The minimum Gasteiger partial charge on any atom is -0.507 e. The third-order valence-electron chi connectivity index (χ3n) is 4.91. The highest BCUT2D eigenvalue weighted by molar-refractivity contribution is 5.93. The summed E-state index contributed by atoms with van der Waals surface area (Å²) in [7, 11) is 0. The molecule has 0 heterocycles. The van der Waals surface area contributed by atoms with E-state index in [1.54, 1.807) is 12.1 Å². The van der Waals surface area contributed by atoms with Crippen LogP contribution in [0.2, 0.25) is 0 Å². The van der Waals surface area contributed by atoms with Gasteiger partial charge in [0.05, 0.1) is 6.21 Å². The summed E-state index contributed by atoms with van der Waals surface area (Å²) in [6.45, 7) is 9.77. The van der Waals surface area contributed by atoms with Crippen LogP contribution in [0.1, 0.15) is 43.4 Å². The quantitative estimate of drug-likeness (QED) is 0.434. The van der Waals surface area contributed by atoms with Gasteiger partial charge in [-0.25, -0.2) is 5.43 Å². The number of carbonyl (C=O) groups is 2. The van der Waals surface area contributed by atoms with Gasteiger partial charge in [-0.2, -0.15) is 5.10 Å². The molecule has 30 heavy (non-hydrogen) atoms. The van der Waals surface area contributed by atoms with Crippen LogP contribution in [0, 0.1) is 13.8 Å². The highest BCUT2D eigenvalue weighted by Crippen LogP contribution is 2.23. The van der Waals surface area contributed by atoms with Crippen molar-refractivity contribution in [2.75, 3.05) is 23.3 Å². The van der Waals surface area contributed by atoms with Crippen molar-refractivity contribution in [1.29, 1.82) is 0 Å². The van der Waals surface area contributed by atoms with Gasteiger partial charge in [-0.1, -0.05) is 6.07 Å². The summed E-state index contributed by atoms with van der Waals surface area (Å²) in [5, 5.41) is 16.8. The van der Waals surface area contributed by atoms with E-state index in [0.29, 0.717) is 11.3 Å². The molecule has 0 aliphatic rings. The molecule has 160 valence electrons. The van der Waals surface area contributed by atoms with E-state index in [2.05, 4.69) is 20.7 Å². The molecule has 2 aromatic rings. The molecule has 0 fully saturated rings. The van der Waals surface area contributed by atoms with Gasteiger partial charge in [0.1, 0.15) is 5.75 Å². The monoisotopic (exact) mass is 410 g/mol. The molecule has 0 saturated heterocycles. The second-order valence-corrected chi connectivity index (χ2v) is 7.06.